The number of hydrogen-bond donors (Lipinski definition) is 4. The summed E-state index contributed by atoms with van der Waals surface area (Å²) in [5, 5.41) is 2.18. The fraction of sp³-hybridized carbons (Fsp3) is 0.429. The molecule has 0 rings (SSSR count). The van der Waals surface area contributed by atoms with Crippen molar-refractivity contribution >= 4 is 25.6 Å². The number of amides is 4. The van der Waals surface area contributed by atoms with Crippen LogP contribution in [0.25, 0.3) is 0 Å². The van der Waals surface area contributed by atoms with Crippen LogP contribution in [0.3, 0.4) is 0 Å². The normalized spacial score (nSPS) is 11.5. The zero-order valence-electron chi connectivity index (χ0n) is 9.12. The van der Waals surface area contributed by atoms with Gasteiger partial charge in [0.05, 0.1) is 12.6 Å². The molecule has 0 aromatic heterocycles. The van der Waals surface area contributed by atoms with Gasteiger partial charge in [0.15, 0.2) is 0 Å². The maximum atomic E-state index is 10.3. The maximum absolute atomic E-state index is 10.3. The lowest BCUT2D eigenvalue weighted by atomic mass is 10.3. The molecular weight excluding hydrogens is 232 g/mol. The average molecular weight is 246 g/mol. The van der Waals surface area contributed by atoms with E-state index in [1.54, 1.807) is 6.92 Å². The highest BCUT2D eigenvalue weighted by Gasteiger charge is 2.16. The molecule has 0 bridgehead atoms. The van der Waals surface area contributed by atoms with E-state index < -0.39 is 6.04 Å². The number of nitrogens with one attached hydrogen (secondary N) is 4. The second-order valence-electron chi connectivity index (χ2n) is 2.82. The molecule has 96 valence electrons. The smallest absolute Gasteiger partial charge is 0.222 e. The topological polar surface area (TPSA) is 123 Å². The molecule has 0 fully saturated rings. The third-order valence-electron chi connectivity index (χ3n) is 1.69. The van der Waals surface area contributed by atoms with E-state index in [1.807, 2.05) is 0 Å². The van der Waals surface area contributed by atoms with Gasteiger partial charge in [0.1, 0.15) is 0 Å². The highest BCUT2D eigenvalue weighted by atomic mass is 16.2. The van der Waals surface area contributed by atoms with Crippen LogP contribution < -0.4 is 21.7 Å². The minimum Gasteiger partial charge on any atom is -0.277 e. The monoisotopic (exact) mass is 246 g/mol. The Morgan fingerprint density at radius 2 is 1.29 bits per heavy atom. The van der Waals surface area contributed by atoms with Gasteiger partial charge in [0, 0.05) is 0 Å². The van der Waals surface area contributed by atoms with Gasteiger partial charge in [-0.2, -0.15) is 0 Å². The summed E-state index contributed by atoms with van der Waals surface area (Å²) in [4.78, 5) is 41.0. The van der Waals surface area contributed by atoms with Gasteiger partial charge in [-0.1, -0.05) is 0 Å². The van der Waals surface area contributed by atoms with Gasteiger partial charge < -0.3 is 0 Å². The molecule has 10 heteroatoms. The Morgan fingerprint density at radius 1 is 0.882 bits per heavy atom. The molecule has 10 nitrogen and oxygen atoms in total. The Labute approximate surface area is 97.2 Å². The van der Waals surface area contributed by atoms with Crippen LogP contribution in [0, 0.1) is 0 Å². The average Bonchev–Trinajstić information content (AvgIpc) is 2.29. The highest BCUT2D eigenvalue weighted by molar-refractivity contribution is 5.49. The predicted octanol–water partition coefficient (Wildman–Crippen LogP) is -3.38. The number of nitrogens with zero attached hydrogens (tertiary/aromatic N) is 2. The molecule has 1 unspecified atom stereocenters. The van der Waals surface area contributed by atoms with Crippen LogP contribution in [-0.4, -0.2) is 48.5 Å². The second-order valence-corrected chi connectivity index (χ2v) is 2.82. The number of rotatable bonds is 11. The van der Waals surface area contributed by atoms with Gasteiger partial charge in [-0.15, -0.1) is 10.2 Å². The van der Waals surface area contributed by atoms with Crippen molar-refractivity contribution in [1.29, 1.82) is 0 Å². The summed E-state index contributed by atoms with van der Waals surface area (Å²) in [6.45, 7) is 1.75. The number of carbonyl (C=O) groups excluding carboxylic acids is 4. The molecule has 17 heavy (non-hydrogen) atoms. The van der Waals surface area contributed by atoms with E-state index >= 15 is 0 Å². The number of hydrogen-bond acceptors (Lipinski definition) is 6. The van der Waals surface area contributed by atoms with Crippen molar-refractivity contribution in [2.75, 3.05) is 6.54 Å². The van der Waals surface area contributed by atoms with Gasteiger partial charge in [-0.05, 0) is 6.92 Å². The van der Waals surface area contributed by atoms with Gasteiger partial charge in [-0.25, -0.2) is 0 Å². The molecule has 0 aliphatic heterocycles. The van der Waals surface area contributed by atoms with Crippen LogP contribution in [0.2, 0.25) is 0 Å². The van der Waals surface area contributed by atoms with E-state index in [9.17, 15) is 19.2 Å². The highest BCUT2D eigenvalue weighted by Crippen LogP contribution is 1.91. The summed E-state index contributed by atoms with van der Waals surface area (Å²) in [5.41, 5.74) is 8.86. The molecular formula is C7H14N6O4. The van der Waals surface area contributed by atoms with Crippen LogP contribution in [0.1, 0.15) is 6.92 Å². The molecule has 0 aliphatic rings. The molecule has 0 aliphatic carbocycles. The van der Waals surface area contributed by atoms with E-state index in [1.165, 1.54) is 0 Å². The molecule has 0 saturated heterocycles. The minimum absolute atomic E-state index is 0.110. The van der Waals surface area contributed by atoms with E-state index in [4.69, 9.17) is 0 Å². The second kappa shape index (κ2) is 9.06. The van der Waals surface area contributed by atoms with Crippen molar-refractivity contribution in [3.63, 3.8) is 0 Å². The molecule has 0 heterocycles. The van der Waals surface area contributed by atoms with E-state index in [2.05, 4.69) is 21.7 Å². The Kier molecular flexibility index (Phi) is 7.88. The lowest BCUT2D eigenvalue weighted by Crippen LogP contribution is -2.59. The quantitative estimate of drug-likeness (QED) is 0.223. The lowest BCUT2D eigenvalue weighted by Gasteiger charge is -2.29. The first kappa shape index (κ1) is 14.8. The SMILES string of the molecule is CC(CN(NC=O)NC=O)N(NC=O)NC=O. The molecule has 0 aromatic rings. The predicted molar refractivity (Wildman–Crippen MR) is 54.8 cm³/mol. The van der Waals surface area contributed by atoms with Crippen molar-refractivity contribution in [3.05, 3.63) is 0 Å². The van der Waals surface area contributed by atoms with Crippen LogP contribution in [0.15, 0.2) is 0 Å². The Hall–Kier alpha value is -2.20. The summed E-state index contributed by atoms with van der Waals surface area (Å²) in [5.74, 6) is 0. The lowest BCUT2D eigenvalue weighted by molar-refractivity contribution is -0.128. The summed E-state index contributed by atoms with van der Waals surface area (Å²) < 4.78 is 0. The number of hydrazine groups is 4. The molecule has 1 atom stereocenters. The van der Waals surface area contributed by atoms with Crippen molar-refractivity contribution in [2.24, 2.45) is 0 Å². The zero-order valence-corrected chi connectivity index (χ0v) is 9.12. The van der Waals surface area contributed by atoms with Crippen molar-refractivity contribution in [2.45, 2.75) is 13.0 Å². The van der Waals surface area contributed by atoms with E-state index in [-0.39, 0.29) is 6.54 Å². The van der Waals surface area contributed by atoms with Gasteiger partial charge >= 0.3 is 0 Å². The molecule has 0 saturated carbocycles. The van der Waals surface area contributed by atoms with Gasteiger partial charge in [0.2, 0.25) is 25.6 Å². The Bertz CT molecular complexity index is 243. The third-order valence-corrected chi connectivity index (χ3v) is 1.69. The minimum atomic E-state index is -0.426. The summed E-state index contributed by atoms with van der Waals surface area (Å²) >= 11 is 0. The first-order valence-electron chi connectivity index (χ1n) is 4.55. The van der Waals surface area contributed by atoms with E-state index in [0.717, 1.165) is 10.2 Å². The Morgan fingerprint density at radius 3 is 1.65 bits per heavy atom. The molecule has 0 aromatic carbocycles. The third kappa shape index (κ3) is 6.06. The van der Waals surface area contributed by atoms with Crippen molar-refractivity contribution < 1.29 is 19.2 Å². The fourth-order valence-electron chi connectivity index (χ4n) is 1.02. The first-order chi connectivity index (χ1) is 8.19. The van der Waals surface area contributed by atoms with Crippen LogP contribution in [-0.2, 0) is 19.2 Å². The fourth-order valence-corrected chi connectivity index (χ4v) is 1.02. The van der Waals surface area contributed by atoms with Crippen LogP contribution in [0.4, 0.5) is 0 Å². The summed E-state index contributed by atoms with van der Waals surface area (Å²) in [7, 11) is 0. The Balaban J connectivity index is 4.35. The van der Waals surface area contributed by atoms with Crippen LogP contribution >= 0.6 is 0 Å². The molecule has 4 amide bonds. The molecule has 0 spiro atoms. The maximum Gasteiger partial charge on any atom is 0.222 e. The van der Waals surface area contributed by atoms with E-state index in [0.29, 0.717) is 25.6 Å². The summed E-state index contributed by atoms with van der Waals surface area (Å²) in [6, 6.07) is -0.426. The standard InChI is InChI=1S/C7H14N6O4/c1-7(13(10-5-16)11-6-17)2-12(8-3-14)9-4-15/h3-7H,2H2,1H3,(H,8,14)(H,9,15)(H,10,16)(H,11,17). The van der Waals surface area contributed by atoms with Crippen molar-refractivity contribution in [1.82, 2.24) is 31.9 Å². The molecule has 0 radical (unpaired) electrons. The van der Waals surface area contributed by atoms with Crippen LogP contribution in [0.5, 0.6) is 0 Å². The van der Waals surface area contributed by atoms with Gasteiger partial charge in [-0.3, -0.25) is 40.9 Å². The summed E-state index contributed by atoms with van der Waals surface area (Å²) in [6.07, 6.45) is 1.48. The number of carbonyl (C=O) groups is 4. The largest absolute Gasteiger partial charge is 0.277 e. The van der Waals surface area contributed by atoms with Gasteiger partial charge in [0.25, 0.3) is 0 Å². The van der Waals surface area contributed by atoms with Crippen molar-refractivity contribution in [3.8, 4) is 0 Å². The molecule has 4 N–H and O–H groups in total. The first-order valence-corrected chi connectivity index (χ1v) is 4.55. The zero-order chi connectivity index (χ0) is 13.1.